The molecule has 27 heavy (non-hydrogen) atoms. The molecular formula is C18H19N3O4S2. The molecule has 0 unspecified atom stereocenters. The number of primary sulfonamides is 1. The number of amides is 1. The minimum absolute atomic E-state index is 0.0200. The third-order valence-corrected chi connectivity index (χ3v) is 5.95. The lowest BCUT2D eigenvalue weighted by molar-refractivity contribution is 0.0997. The summed E-state index contributed by atoms with van der Waals surface area (Å²) in [5.41, 5.74) is 2.31. The van der Waals surface area contributed by atoms with E-state index >= 15 is 0 Å². The largest absolute Gasteiger partial charge is 0.383 e. The molecule has 0 bridgehead atoms. The van der Waals surface area contributed by atoms with Gasteiger partial charge in [-0.2, -0.15) is 4.99 Å². The molecule has 1 amide bonds. The van der Waals surface area contributed by atoms with Crippen LogP contribution in [0.5, 0.6) is 0 Å². The first-order valence-electron chi connectivity index (χ1n) is 8.10. The minimum atomic E-state index is -3.81. The van der Waals surface area contributed by atoms with Crippen molar-refractivity contribution in [3.8, 4) is 0 Å². The van der Waals surface area contributed by atoms with E-state index in [4.69, 9.17) is 9.88 Å². The highest BCUT2D eigenvalue weighted by Crippen LogP contribution is 2.21. The smallest absolute Gasteiger partial charge is 0.279 e. The van der Waals surface area contributed by atoms with Gasteiger partial charge in [-0.15, -0.1) is 0 Å². The van der Waals surface area contributed by atoms with Crippen LogP contribution in [0, 0.1) is 6.92 Å². The van der Waals surface area contributed by atoms with Gasteiger partial charge in [-0.05, 0) is 37.3 Å². The van der Waals surface area contributed by atoms with Crippen LogP contribution in [0.3, 0.4) is 0 Å². The van der Waals surface area contributed by atoms with E-state index in [9.17, 15) is 13.2 Å². The number of nitrogens with zero attached hydrogens (tertiary/aromatic N) is 2. The first kappa shape index (κ1) is 19.4. The van der Waals surface area contributed by atoms with Gasteiger partial charge in [0.05, 0.1) is 21.7 Å². The van der Waals surface area contributed by atoms with Gasteiger partial charge in [0.15, 0.2) is 4.80 Å². The Morgan fingerprint density at radius 3 is 2.56 bits per heavy atom. The van der Waals surface area contributed by atoms with E-state index in [1.165, 1.54) is 23.5 Å². The van der Waals surface area contributed by atoms with Crippen LogP contribution in [0.15, 0.2) is 52.4 Å². The summed E-state index contributed by atoms with van der Waals surface area (Å²) in [5, 5.41) is 5.21. The molecule has 0 spiro atoms. The van der Waals surface area contributed by atoms with Crippen molar-refractivity contribution in [1.29, 1.82) is 0 Å². The molecule has 0 aliphatic carbocycles. The lowest BCUT2D eigenvalue weighted by Crippen LogP contribution is -2.19. The molecule has 0 saturated carbocycles. The monoisotopic (exact) mass is 405 g/mol. The van der Waals surface area contributed by atoms with E-state index < -0.39 is 10.0 Å². The number of sulfonamides is 1. The number of hydrogen-bond acceptors (Lipinski definition) is 5. The van der Waals surface area contributed by atoms with Crippen LogP contribution in [-0.4, -0.2) is 32.6 Å². The van der Waals surface area contributed by atoms with Crippen molar-refractivity contribution in [2.24, 2.45) is 10.1 Å². The van der Waals surface area contributed by atoms with Gasteiger partial charge in [0.2, 0.25) is 10.0 Å². The van der Waals surface area contributed by atoms with Crippen molar-refractivity contribution >= 4 is 37.5 Å². The lowest BCUT2D eigenvalue weighted by Gasteiger charge is -2.05. The zero-order valence-corrected chi connectivity index (χ0v) is 16.5. The molecule has 1 aromatic heterocycles. The highest BCUT2D eigenvalue weighted by Gasteiger charge is 2.13. The maximum atomic E-state index is 12.5. The summed E-state index contributed by atoms with van der Waals surface area (Å²) in [6.45, 7) is 2.85. The van der Waals surface area contributed by atoms with Crippen molar-refractivity contribution in [2.45, 2.75) is 18.4 Å². The topological polar surface area (TPSA) is 104 Å². The fraction of sp³-hybridized carbons (Fsp3) is 0.222. The van der Waals surface area contributed by atoms with Gasteiger partial charge in [0.1, 0.15) is 0 Å². The molecule has 1 heterocycles. The molecule has 0 fully saturated rings. The lowest BCUT2D eigenvalue weighted by atomic mass is 10.1. The van der Waals surface area contributed by atoms with Crippen LogP contribution in [0.4, 0.5) is 0 Å². The number of ether oxygens (including phenoxy) is 1. The van der Waals surface area contributed by atoms with E-state index in [2.05, 4.69) is 4.99 Å². The van der Waals surface area contributed by atoms with Gasteiger partial charge in [0.25, 0.3) is 5.91 Å². The molecule has 142 valence electrons. The summed E-state index contributed by atoms with van der Waals surface area (Å²) < 4.78 is 30.9. The molecule has 3 aromatic rings. The fourth-order valence-electron chi connectivity index (χ4n) is 2.56. The predicted octanol–water partition coefficient (Wildman–Crippen LogP) is 2.05. The maximum absolute atomic E-state index is 12.5. The summed E-state index contributed by atoms with van der Waals surface area (Å²) in [6.07, 6.45) is 0. The van der Waals surface area contributed by atoms with Crippen LogP contribution in [0.1, 0.15) is 15.9 Å². The molecule has 0 atom stereocenters. The number of carbonyl (C=O) groups is 1. The molecule has 2 N–H and O–H groups in total. The van der Waals surface area contributed by atoms with Crippen molar-refractivity contribution in [2.75, 3.05) is 13.7 Å². The Labute approximate surface area is 160 Å². The van der Waals surface area contributed by atoms with Crippen LogP contribution in [0.2, 0.25) is 0 Å². The van der Waals surface area contributed by atoms with Crippen molar-refractivity contribution in [1.82, 2.24) is 4.57 Å². The zero-order valence-electron chi connectivity index (χ0n) is 14.9. The average Bonchev–Trinajstić information content (AvgIpc) is 2.96. The van der Waals surface area contributed by atoms with Gasteiger partial charge >= 0.3 is 0 Å². The summed E-state index contributed by atoms with van der Waals surface area (Å²) in [5.74, 6) is -0.362. The number of hydrogen-bond donors (Lipinski definition) is 1. The van der Waals surface area contributed by atoms with Crippen LogP contribution >= 0.6 is 11.3 Å². The number of methoxy groups -OCH3 is 1. The number of thiazole rings is 1. The molecule has 0 radical (unpaired) electrons. The van der Waals surface area contributed by atoms with Gasteiger partial charge in [-0.3, -0.25) is 4.79 Å². The highest BCUT2D eigenvalue weighted by atomic mass is 32.2. The normalized spacial score (nSPS) is 12.6. The number of carbonyl (C=O) groups excluding carboxylic acids is 1. The van der Waals surface area contributed by atoms with Crippen LogP contribution in [0.25, 0.3) is 10.2 Å². The molecule has 0 aliphatic heterocycles. The Kier molecular flexibility index (Phi) is 5.56. The minimum Gasteiger partial charge on any atom is -0.383 e. The number of rotatable bonds is 5. The Bertz CT molecular complexity index is 1160. The Hall–Kier alpha value is -2.33. The maximum Gasteiger partial charge on any atom is 0.279 e. The molecule has 0 aliphatic rings. The second-order valence-electron chi connectivity index (χ2n) is 5.99. The molecule has 2 aromatic carbocycles. The van der Waals surface area contributed by atoms with Gasteiger partial charge in [-0.25, -0.2) is 13.6 Å². The second kappa shape index (κ2) is 7.73. The number of aryl methyl sites for hydroxylation is 1. The number of fused-ring (bicyclic) bond motifs is 1. The summed E-state index contributed by atoms with van der Waals surface area (Å²) in [7, 11) is -2.22. The fourth-order valence-corrected chi connectivity index (χ4v) is 4.27. The summed E-state index contributed by atoms with van der Waals surface area (Å²) in [6, 6.07) is 11.8. The van der Waals surface area contributed by atoms with E-state index in [1.807, 2.05) is 23.6 Å². The van der Waals surface area contributed by atoms with Crippen LogP contribution in [-0.2, 0) is 21.3 Å². The third-order valence-electron chi connectivity index (χ3n) is 4.00. The Balaban J connectivity index is 2.14. The summed E-state index contributed by atoms with van der Waals surface area (Å²) in [4.78, 5) is 17.3. The zero-order chi connectivity index (χ0) is 19.6. The molecule has 9 heteroatoms. The average molecular weight is 406 g/mol. The van der Waals surface area contributed by atoms with Gasteiger partial charge < -0.3 is 9.30 Å². The van der Waals surface area contributed by atoms with E-state index in [-0.39, 0.29) is 10.8 Å². The third kappa shape index (κ3) is 4.33. The standard InChI is InChI=1S/C18H19N3O4S2/c1-12-3-5-13(6-4-12)17(22)20-18-21(9-10-25-2)15-8-7-14(27(19,23)24)11-16(15)26-18/h3-8,11H,9-10H2,1-2H3,(H2,19,23,24). The first-order valence-corrected chi connectivity index (χ1v) is 10.5. The Morgan fingerprint density at radius 1 is 1.22 bits per heavy atom. The van der Waals surface area contributed by atoms with E-state index in [0.29, 0.717) is 28.2 Å². The molecule has 0 saturated heterocycles. The van der Waals surface area contributed by atoms with Gasteiger partial charge in [-0.1, -0.05) is 29.0 Å². The van der Waals surface area contributed by atoms with Crippen molar-refractivity contribution < 1.29 is 17.9 Å². The predicted molar refractivity (Wildman–Crippen MR) is 104 cm³/mol. The number of benzene rings is 2. The second-order valence-corrected chi connectivity index (χ2v) is 8.56. The summed E-state index contributed by atoms with van der Waals surface area (Å²) >= 11 is 1.23. The van der Waals surface area contributed by atoms with E-state index in [1.54, 1.807) is 25.3 Å². The quantitative estimate of drug-likeness (QED) is 0.701. The van der Waals surface area contributed by atoms with Gasteiger partial charge in [0, 0.05) is 19.2 Å². The van der Waals surface area contributed by atoms with Crippen LogP contribution < -0.4 is 9.94 Å². The molecule has 3 rings (SSSR count). The highest BCUT2D eigenvalue weighted by molar-refractivity contribution is 7.89. The van der Waals surface area contributed by atoms with E-state index in [0.717, 1.165) is 11.1 Å². The number of aromatic nitrogens is 1. The van der Waals surface area contributed by atoms with Crippen molar-refractivity contribution in [3.63, 3.8) is 0 Å². The SMILES string of the molecule is COCCn1c(=NC(=O)c2ccc(C)cc2)sc2cc(S(N)(=O)=O)ccc21. The number of nitrogens with two attached hydrogens (primary N) is 1. The molecular weight excluding hydrogens is 386 g/mol. The molecule has 7 nitrogen and oxygen atoms in total. The van der Waals surface area contributed by atoms with Crippen molar-refractivity contribution in [3.05, 3.63) is 58.4 Å². The first-order chi connectivity index (χ1) is 12.8. The Morgan fingerprint density at radius 2 is 1.93 bits per heavy atom.